The monoisotopic (exact) mass is 435 g/mol. The van der Waals surface area contributed by atoms with E-state index >= 15 is 0 Å². The Balaban J connectivity index is 1.36. The Labute approximate surface area is 191 Å². The summed E-state index contributed by atoms with van der Waals surface area (Å²) >= 11 is 0. The number of nitrogens with zero attached hydrogens (tertiary/aromatic N) is 4. The maximum absolute atomic E-state index is 11.9. The van der Waals surface area contributed by atoms with E-state index in [-0.39, 0.29) is 5.91 Å². The molecule has 3 heterocycles. The number of carbonyl (C=O) groups excluding carboxylic acids is 1. The molecule has 2 aromatic carbocycles. The molecule has 4 aromatic rings. The van der Waals surface area contributed by atoms with Gasteiger partial charge in [0.1, 0.15) is 12.4 Å². The van der Waals surface area contributed by atoms with Gasteiger partial charge in [0.15, 0.2) is 0 Å². The summed E-state index contributed by atoms with van der Waals surface area (Å²) in [6, 6.07) is 15.2. The molecule has 1 fully saturated rings. The third kappa shape index (κ3) is 4.46. The molecule has 1 amide bonds. The lowest BCUT2D eigenvalue weighted by Gasteiger charge is -2.16. The molecule has 5 rings (SSSR count). The Morgan fingerprint density at radius 1 is 1.15 bits per heavy atom. The minimum atomic E-state index is 0.168. The highest BCUT2D eigenvalue weighted by Gasteiger charge is 2.21. The highest BCUT2D eigenvalue weighted by Crippen LogP contribution is 2.27. The fourth-order valence-electron chi connectivity index (χ4n) is 3.77. The topological polar surface area (TPSA) is 80.2 Å². The molecule has 2 aromatic heterocycles. The normalized spacial score (nSPS) is 13.2. The number of hydrogen-bond donors (Lipinski definition) is 1. The lowest BCUT2D eigenvalue weighted by atomic mass is 10.1. The molecule has 1 N–H and O–H groups in total. The molecule has 1 aliphatic rings. The molecule has 0 radical (unpaired) electrons. The first-order chi connectivity index (χ1) is 16.2. The SMILES string of the molecule is C#Cc1cc2cnc(Nc3ccc(N4CCCC4=O)cc3)nc2cc1OCc1cccnc1. The summed E-state index contributed by atoms with van der Waals surface area (Å²) in [4.78, 5) is 26.9. The number of nitrogens with one attached hydrogen (secondary N) is 1. The molecule has 162 valence electrons. The van der Waals surface area contributed by atoms with Gasteiger partial charge in [-0.2, -0.15) is 0 Å². The van der Waals surface area contributed by atoms with Crippen molar-refractivity contribution in [2.24, 2.45) is 0 Å². The van der Waals surface area contributed by atoms with Crippen LogP contribution in [0.25, 0.3) is 10.9 Å². The van der Waals surface area contributed by atoms with Gasteiger partial charge in [-0.3, -0.25) is 9.78 Å². The minimum absolute atomic E-state index is 0.168. The average molecular weight is 435 g/mol. The van der Waals surface area contributed by atoms with Crippen LogP contribution in [0.5, 0.6) is 5.75 Å². The summed E-state index contributed by atoms with van der Waals surface area (Å²) in [7, 11) is 0. The number of aromatic nitrogens is 3. The number of pyridine rings is 1. The molecular weight excluding hydrogens is 414 g/mol. The number of carbonyl (C=O) groups is 1. The van der Waals surface area contributed by atoms with Gasteiger partial charge in [-0.05, 0) is 42.8 Å². The zero-order valence-electron chi connectivity index (χ0n) is 17.9. The number of hydrogen-bond acceptors (Lipinski definition) is 6. The van der Waals surface area contributed by atoms with E-state index in [4.69, 9.17) is 11.2 Å². The summed E-state index contributed by atoms with van der Waals surface area (Å²) in [6.07, 6.45) is 12.4. The van der Waals surface area contributed by atoms with E-state index in [1.165, 1.54) is 0 Å². The Kier molecular flexibility index (Phi) is 5.56. The first-order valence-electron chi connectivity index (χ1n) is 10.7. The molecule has 0 spiro atoms. The zero-order valence-corrected chi connectivity index (χ0v) is 17.9. The molecule has 0 aliphatic carbocycles. The standard InChI is InChI=1S/C26H21N5O2/c1-2-19-13-20-16-28-26(29-21-7-9-22(10-8-21)31-12-4-6-25(31)32)30-23(20)14-24(19)33-17-18-5-3-11-27-15-18/h1,3,5,7-11,13-16H,4,6,12,17H2,(H,28,29,30). The van der Waals surface area contributed by atoms with Crippen LogP contribution < -0.4 is 15.0 Å². The lowest BCUT2D eigenvalue weighted by molar-refractivity contribution is -0.117. The third-order valence-corrected chi connectivity index (χ3v) is 5.46. The number of benzene rings is 2. The van der Waals surface area contributed by atoms with E-state index in [0.717, 1.165) is 35.3 Å². The second-order valence-corrected chi connectivity index (χ2v) is 7.72. The Morgan fingerprint density at radius 2 is 2.03 bits per heavy atom. The number of ether oxygens (including phenoxy) is 1. The lowest BCUT2D eigenvalue weighted by Crippen LogP contribution is -2.23. The fourth-order valence-corrected chi connectivity index (χ4v) is 3.77. The number of anilines is 3. The van der Waals surface area contributed by atoms with Crippen molar-refractivity contribution >= 4 is 34.1 Å². The minimum Gasteiger partial charge on any atom is -0.487 e. The third-order valence-electron chi connectivity index (χ3n) is 5.46. The van der Waals surface area contributed by atoms with Crippen LogP contribution in [0.15, 0.2) is 67.1 Å². The first kappa shape index (κ1) is 20.5. The van der Waals surface area contributed by atoms with E-state index in [2.05, 4.69) is 26.2 Å². The molecule has 0 unspecified atom stereocenters. The second-order valence-electron chi connectivity index (χ2n) is 7.72. The quantitative estimate of drug-likeness (QED) is 0.451. The highest BCUT2D eigenvalue weighted by atomic mass is 16.5. The van der Waals surface area contributed by atoms with Crippen molar-refractivity contribution in [3.05, 3.63) is 78.2 Å². The van der Waals surface area contributed by atoms with Crippen LogP contribution in [0.3, 0.4) is 0 Å². The van der Waals surface area contributed by atoms with Crippen molar-refractivity contribution in [2.45, 2.75) is 19.4 Å². The van der Waals surface area contributed by atoms with Crippen molar-refractivity contribution in [2.75, 3.05) is 16.8 Å². The molecule has 0 atom stereocenters. The van der Waals surface area contributed by atoms with Gasteiger partial charge in [-0.25, -0.2) is 9.97 Å². The predicted molar refractivity (Wildman–Crippen MR) is 127 cm³/mol. The van der Waals surface area contributed by atoms with Crippen LogP contribution in [0.4, 0.5) is 17.3 Å². The molecule has 0 saturated carbocycles. The van der Waals surface area contributed by atoms with Gasteiger partial charge < -0.3 is 15.0 Å². The molecular formula is C26H21N5O2. The largest absolute Gasteiger partial charge is 0.487 e. The van der Waals surface area contributed by atoms with Crippen LogP contribution in [0.2, 0.25) is 0 Å². The number of fused-ring (bicyclic) bond motifs is 1. The van der Waals surface area contributed by atoms with Gasteiger partial charge in [0.2, 0.25) is 11.9 Å². The van der Waals surface area contributed by atoms with Crippen LogP contribution in [0, 0.1) is 12.3 Å². The predicted octanol–water partition coefficient (Wildman–Crippen LogP) is 4.46. The van der Waals surface area contributed by atoms with Crippen LogP contribution in [0.1, 0.15) is 24.0 Å². The summed E-state index contributed by atoms with van der Waals surface area (Å²) in [5.74, 6) is 3.88. The highest BCUT2D eigenvalue weighted by molar-refractivity contribution is 5.95. The number of rotatable bonds is 6. The summed E-state index contributed by atoms with van der Waals surface area (Å²) in [5.41, 5.74) is 4.04. The number of terminal acetylenes is 1. The summed E-state index contributed by atoms with van der Waals surface area (Å²) < 4.78 is 5.96. The van der Waals surface area contributed by atoms with Crippen molar-refractivity contribution in [1.82, 2.24) is 15.0 Å². The fraction of sp³-hybridized carbons (Fsp3) is 0.154. The molecule has 0 bridgehead atoms. The van der Waals surface area contributed by atoms with Crippen LogP contribution >= 0.6 is 0 Å². The molecule has 1 aliphatic heterocycles. The molecule has 1 saturated heterocycles. The van der Waals surface area contributed by atoms with Gasteiger partial charge in [0, 0.05) is 59.9 Å². The van der Waals surface area contributed by atoms with Crippen LogP contribution in [-0.2, 0) is 11.4 Å². The molecule has 7 nitrogen and oxygen atoms in total. The number of amides is 1. The average Bonchev–Trinajstić information content (AvgIpc) is 3.29. The maximum atomic E-state index is 11.9. The van der Waals surface area contributed by atoms with Crippen molar-refractivity contribution in [3.8, 4) is 18.1 Å². The first-order valence-corrected chi connectivity index (χ1v) is 10.7. The van der Waals surface area contributed by atoms with Gasteiger partial charge in [-0.1, -0.05) is 12.0 Å². The molecule has 33 heavy (non-hydrogen) atoms. The second kappa shape index (κ2) is 8.97. The van der Waals surface area contributed by atoms with E-state index in [1.54, 1.807) is 18.6 Å². The van der Waals surface area contributed by atoms with Crippen molar-refractivity contribution in [1.29, 1.82) is 0 Å². The van der Waals surface area contributed by atoms with Gasteiger partial charge in [-0.15, -0.1) is 6.42 Å². The Morgan fingerprint density at radius 3 is 2.76 bits per heavy atom. The van der Waals surface area contributed by atoms with E-state index in [9.17, 15) is 4.79 Å². The van der Waals surface area contributed by atoms with E-state index in [0.29, 0.717) is 35.8 Å². The Hall–Kier alpha value is -4.44. The van der Waals surface area contributed by atoms with Gasteiger partial charge in [0.25, 0.3) is 0 Å². The smallest absolute Gasteiger partial charge is 0.227 e. The van der Waals surface area contributed by atoms with Crippen molar-refractivity contribution in [3.63, 3.8) is 0 Å². The van der Waals surface area contributed by atoms with E-state index in [1.807, 2.05) is 53.4 Å². The zero-order chi connectivity index (χ0) is 22.6. The van der Waals surface area contributed by atoms with Gasteiger partial charge >= 0.3 is 0 Å². The molecule has 7 heteroatoms. The summed E-state index contributed by atoms with van der Waals surface area (Å²) in [5, 5.41) is 4.04. The Bertz CT molecular complexity index is 1350. The maximum Gasteiger partial charge on any atom is 0.227 e. The van der Waals surface area contributed by atoms with Gasteiger partial charge in [0.05, 0.1) is 11.1 Å². The van der Waals surface area contributed by atoms with E-state index < -0.39 is 0 Å². The van der Waals surface area contributed by atoms with Crippen molar-refractivity contribution < 1.29 is 9.53 Å². The summed E-state index contributed by atoms with van der Waals surface area (Å²) in [6.45, 7) is 1.13. The van der Waals surface area contributed by atoms with Crippen LogP contribution in [-0.4, -0.2) is 27.4 Å².